The third kappa shape index (κ3) is 3.13. The summed E-state index contributed by atoms with van der Waals surface area (Å²) in [6, 6.07) is 9.47. The number of carbonyl (C=O) groups excluding carboxylic acids is 1. The Bertz CT molecular complexity index is 666. The Hall–Kier alpha value is -2.14. The molecule has 1 aliphatic rings. The average molecular weight is 284 g/mol. The minimum atomic E-state index is -0.0711. The molecule has 1 aromatic heterocycles. The van der Waals surface area contributed by atoms with Crippen LogP contribution >= 0.6 is 0 Å². The van der Waals surface area contributed by atoms with Crippen molar-refractivity contribution in [1.29, 1.82) is 0 Å². The number of pyridine rings is 1. The number of nitrogens with two attached hydrogens (primary N) is 1. The van der Waals surface area contributed by atoms with Crippen molar-refractivity contribution < 1.29 is 4.79 Å². The van der Waals surface area contributed by atoms with Crippen molar-refractivity contribution in [2.24, 2.45) is 11.8 Å². The molecule has 0 spiro atoms. The first kappa shape index (κ1) is 13.8. The number of nitrogens with zero attached hydrogens (tertiary/aromatic N) is 1. The molecule has 1 aromatic carbocycles. The van der Waals surface area contributed by atoms with Gasteiger partial charge in [-0.2, -0.15) is 0 Å². The molecular weight excluding hydrogens is 264 g/mol. The number of amides is 1. The van der Waals surface area contributed by atoms with E-state index in [2.05, 4.69) is 22.7 Å². The number of hydrazine groups is 1. The Balaban J connectivity index is 1.88. The predicted octanol–water partition coefficient (Wildman–Crippen LogP) is 2.44. The van der Waals surface area contributed by atoms with E-state index in [0.29, 0.717) is 11.4 Å². The summed E-state index contributed by atoms with van der Waals surface area (Å²) in [5, 5.41) is 3.92. The monoisotopic (exact) mass is 284 g/mol. The van der Waals surface area contributed by atoms with Gasteiger partial charge in [-0.1, -0.05) is 31.0 Å². The number of carbonyl (C=O) groups is 1. The van der Waals surface area contributed by atoms with Gasteiger partial charge in [0.05, 0.1) is 11.1 Å². The van der Waals surface area contributed by atoms with Crippen molar-refractivity contribution in [1.82, 2.24) is 10.3 Å². The predicted molar refractivity (Wildman–Crippen MR) is 83.8 cm³/mol. The van der Waals surface area contributed by atoms with Crippen LogP contribution in [0.5, 0.6) is 0 Å². The Morgan fingerprint density at radius 3 is 2.90 bits per heavy atom. The van der Waals surface area contributed by atoms with E-state index in [0.717, 1.165) is 23.2 Å². The lowest BCUT2D eigenvalue weighted by Gasteiger charge is -2.15. The van der Waals surface area contributed by atoms with Crippen molar-refractivity contribution in [2.45, 2.75) is 32.2 Å². The normalized spacial score (nSPS) is 15.7. The lowest BCUT2D eigenvalue weighted by Crippen LogP contribution is -2.33. The first-order chi connectivity index (χ1) is 10.2. The third-order valence-electron chi connectivity index (χ3n) is 3.87. The summed E-state index contributed by atoms with van der Waals surface area (Å²) in [6.45, 7) is 2.06. The van der Waals surface area contributed by atoms with Gasteiger partial charge in [0.1, 0.15) is 5.82 Å². The smallest absolute Gasteiger partial charge is 0.252 e. The molecule has 5 nitrogen and oxygen atoms in total. The van der Waals surface area contributed by atoms with E-state index >= 15 is 0 Å². The lowest BCUT2D eigenvalue weighted by molar-refractivity contribution is 0.0939. The zero-order valence-electron chi connectivity index (χ0n) is 12.1. The molecule has 110 valence electrons. The van der Waals surface area contributed by atoms with E-state index in [1.165, 1.54) is 12.8 Å². The van der Waals surface area contributed by atoms with Gasteiger partial charge in [0.2, 0.25) is 0 Å². The Morgan fingerprint density at radius 2 is 2.19 bits per heavy atom. The summed E-state index contributed by atoms with van der Waals surface area (Å²) >= 11 is 0. The maximum atomic E-state index is 12.5. The van der Waals surface area contributed by atoms with E-state index in [1.54, 1.807) is 6.07 Å². The highest BCUT2D eigenvalue weighted by molar-refractivity contribution is 6.07. The topological polar surface area (TPSA) is 80.0 Å². The van der Waals surface area contributed by atoms with Crippen molar-refractivity contribution in [3.8, 4) is 0 Å². The maximum absolute atomic E-state index is 12.5. The fraction of sp³-hybridized carbons (Fsp3) is 0.375. The van der Waals surface area contributed by atoms with Crippen molar-refractivity contribution in [3.05, 3.63) is 35.9 Å². The van der Waals surface area contributed by atoms with Gasteiger partial charge >= 0.3 is 0 Å². The summed E-state index contributed by atoms with van der Waals surface area (Å²) in [4.78, 5) is 16.9. The van der Waals surface area contributed by atoms with Crippen molar-refractivity contribution in [3.63, 3.8) is 0 Å². The number of benzene rings is 1. The van der Waals surface area contributed by atoms with Crippen LogP contribution < -0.4 is 16.6 Å². The van der Waals surface area contributed by atoms with Crippen molar-refractivity contribution >= 4 is 22.6 Å². The molecule has 1 amide bonds. The second kappa shape index (κ2) is 5.69. The first-order valence-corrected chi connectivity index (χ1v) is 7.34. The van der Waals surface area contributed by atoms with Crippen LogP contribution in [-0.2, 0) is 0 Å². The zero-order valence-corrected chi connectivity index (χ0v) is 12.1. The van der Waals surface area contributed by atoms with Gasteiger partial charge in [0, 0.05) is 11.4 Å². The Morgan fingerprint density at radius 1 is 1.43 bits per heavy atom. The molecule has 1 atom stereocenters. The number of nitrogen functional groups attached to an aromatic ring is 1. The van der Waals surface area contributed by atoms with Crippen LogP contribution in [-0.4, -0.2) is 16.9 Å². The molecular formula is C16H20N4O. The summed E-state index contributed by atoms with van der Waals surface area (Å²) < 4.78 is 0. The maximum Gasteiger partial charge on any atom is 0.252 e. The molecule has 0 radical (unpaired) electrons. The SMILES string of the molecule is CC(CC1CC1)NC(=O)c1cc(NN)nc2ccccc12. The number of para-hydroxylation sites is 1. The van der Waals surface area contributed by atoms with E-state index < -0.39 is 0 Å². The molecule has 1 fully saturated rings. The van der Waals surface area contributed by atoms with Gasteiger partial charge < -0.3 is 10.7 Å². The Kier molecular flexibility index (Phi) is 3.75. The summed E-state index contributed by atoms with van der Waals surface area (Å²) in [5.74, 6) is 6.65. The summed E-state index contributed by atoms with van der Waals surface area (Å²) in [6.07, 6.45) is 3.63. The van der Waals surface area contributed by atoms with Gasteiger partial charge in [-0.3, -0.25) is 4.79 Å². The Labute approximate surface area is 123 Å². The van der Waals surface area contributed by atoms with E-state index in [4.69, 9.17) is 5.84 Å². The number of hydrogen-bond acceptors (Lipinski definition) is 4. The molecule has 1 unspecified atom stereocenters. The zero-order chi connectivity index (χ0) is 14.8. The highest BCUT2D eigenvalue weighted by Crippen LogP contribution is 2.33. The number of anilines is 1. The molecule has 1 saturated carbocycles. The molecule has 1 heterocycles. The second-order valence-corrected chi connectivity index (χ2v) is 5.77. The second-order valence-electron chi connectivity index (χ2n) is 5.77. The highest BCUT2D eigenvalue weighted by atomic mass is 16.1. The number of fused-ring (bicyclic) bond motifs is 1. The number of nitrogens with one attached hydrogen (secondary N) is 2. The van der Waals surface area contributed by atoms with Crippen LogP contribution in [0, 0.1) is 5.92 Å². The molecule has 0 aliphatic heterocycles. The third-order valence-corrected chi connectivity index (χ3v) is 3.87. The minimum absolute atomic E-state index is 0.0711. The van der Waals surface area contributed by atoms with E-state index in [9.17, 15) is 4.79 Å². The van der Waals surface area contributed by atoms with Crippen LogP contribution in [0.2, 0.25) is 0 Å². The summed E-state index contributed by atoms with van der Waals surface area (Å²) in [5.41, 5.74) is 3.88. The van der Waals surface area contributed by atoms with Gasteiger partial charge in [-0.15, -0.1) is 0 Å². The van der Waals surface area contributed by atoms with E-state index in [1.807, 2.05) is 24.3 Å². The van der Waals surface area contributed by atoms with Gasteiger partial charge in [-0.05, 0) is 31.4 Å². The molecule has 3 rings (SSSR count). The fourth-order valence-electron chi connectivity index (χ4n) is 2.65. The molecule has 21 heavy (non-hydrogen) atoms. The molecule has 5 heteroatoms. The van der Waals surface area contributed by atoms with Crippen LogP contribution in [0.4, 0.5) is 5.82 Å². The molecule has 0 bridgehead atoms. The van der Waals surface area contributed by atoms with Gasteiger partial charge in [0.15, 0.2) is 0 Å². The largest absolute Gasteiger partial charge is 0.350 e. The van der Waals surface area contributed by atoms with Gasteiger partial charge in [-0.25, -0.2) is 10.8 Å². The molecule has 2 aromatic rings. The van der Waals surface area contributed by atoms with Crippen LogP contribution in [0.3, 0.4) is 0 Å². The molecule has 0 saturated heterocycles. The standard InChI is InChI=1S/C16H20N4O/c1-10(8-11-6-7-11)18-16(21)13-9-15(20-17)19-14-5-3-2-4-12(13)14/h2-5,9-11H,6-8,17H2,1H3,(H,18,21)(H,19,20). The fourth-order valence-corrected chi connectivity index (χ4v) is 2.65. The lowest BCUT2D eigenvalue weighted by atomic mass is 10.1. The summed E-state index contributed by atoms with van der Waals surface area (Å²) in [7, 11) is 0. The average Bonchev–Trinajstić information content (AvgIpc) is 3.29. The van der Waals surface area contributed by atoms with Crippen molar-refractivity contribution in [2.75, 3.05) is 5.43 Å². The number of rotatable bonds is 5. The van der Waals surface area contributed by atoms with E-state index in [-0.39, 0.29) is 11.9 Å². The number of hydrogen-bond donors (Lipinski definition) is 3. The minimum Gasteiger partial charge on any atom is -0.350 e. The first-order valence-electron chi connectivity index (χ1n) is 7.34. The molecule has 1 aliphatic carbocycles. The van der Waals surface area contributed by atoms with Crippen LogP contribution in [0.1, 0.15) is 36.5 Å². The van der Waals surface area contributed by atoms with Crippen LogP contribution in [0.25, 0.3) is 10.9 Å². The van der Waals surface area contributed by atoms with Crippen LogP contribution in [0.15, 0.2) is 30.3 Å². The van der Waals surface area contributed by atoms with Gasteiger partial charge in [0.25, 0.3) is 5.91 Å². The number of aromatic nitrogens is 1. The highest BCUT2D eigenvalue weighted by Gasteiger charge is 2.24. The quantitative estimate of drug-likeness (QED) is 0.582. The molecule has 4 N–H and O–H groups in total.